The first-order valence-electron chi connectivity index (χ1n) is 10.4. The van der Waals surface area contributed by atoms with E-state index >= 15 is 0 Å². The number of fused-ring (bicyclic) bond motifs is 1. The molecule has 3 aromatic rings. The van der Waals surface area contributed by atoms with Crippen LogP contribution in [-0.4, -0.2) is 48.4 Å². The smallest absolute Gasteiger partial charge is 0.416 e. The van der Waals surface area contributed by atoms with Crippen molar-refractivity contribution in [2.24, 2.45) is 0 Å². The van der Waals surface area contributed by atoms with Crippen LogP contribution in [0.1, 0.15) is 24.0 Å². The van der Waals surface area contributed by atoms with E-state index in [0.29, 0.717) is 25.0 Å². The van der Waals surface area contributed by atoms with Crippen molar-refractivity contribution in [1.29, 1.82) is 0 Å². The van der Waals surface area contributed by atoms with Crippen LogP contribution in [0.4, 0.5) is 23.4 Å². The van der Waals surface area contributed by atoms with E-state index in [1.807, 2.05) is 36.2 Å². The molecule has 170 valence electrons. The van der Waals surface area contributed by atoms with Crippen molar-refractivity contribution in [1.82, 2.24) is 15.1 Å². The van der Waals surface area contributed by atoms with E-state index in [2.05, 4.69) is 15.1 Å². The van der Waals surface area contributed by atoms with Crippen molar-refractivity contribution in [2.75, 3.05) is 32.1 Å². The third-order valence-corrected chi connectivity index (χ3v) is 6.01. The highest BCUT2D eigenvalue weighted by atomic mass is 19.4. The summed E-state index contributed by atoms with van der Waals surface area (Å²) in [5.74, 6) is 0.365. The molecule has 2 aromatic carbocycles. The van der Waals surface area contributed by atoms with Crippen LogP contribution in [0.15, 0.2) is 42.5 Å². The highest BCUT2D eigenvalue weighted by Crippen LogP contribution is 2.34. The van der Waals surface area contributed by atoms with Crippen LogP contribution in [0.2, 0.25) is 0 Å². The van der Waals surface area contributed by atoms with Gasteiger partial charge in [-0.05, 0) is 43.7 Å². The standard InChI is InChI=1S/C23H24F4N4O/c1-30(14-15-7-8-16(24)13-20(15)23(25,26)27)17-9-11-31(12-10-17)21-18-5-3-4-6-19(18)22(32-2)29-28-21/h3-8,13,17H,9-12,14H2,1-2H3. The van der Waals surface area contributed by atoms with E-state index in [1.54, 1.807) is 7.11 Å². The van der Waals surface area contributed by atoms with Gasteiger partial charge in [-0.25, -0.2) is 4.39 Å². The number of anilines is 1. The number of halogens is 4. The molecule has 1 aliphatic heterocycles. The van der Waals surface area contributed by atoms with Gasteiger partial charge in [0.2, 0.25) is 5.88 Å². The van der Waals surface area contributed by atoms with Gasteiger partial charge in [0.1, 0.15) is 5.82 Å². The Balaban J connectivity index is 1.47. The summed E-state index contributed by atoms with van der Waals surface area (Å²) < 4.78 is 58.7. The molecule has 1 saturated heterocycles. The summed E-state index contributed by atoms with van der Waals surface area (Å²) in [6.45, 7) is 1.51. The molecule has 1 fully saturated rings. The van der Waals surface area contributed by atoms with E-state index in [0.717, 1.165) is 35.5 Å². The number of hydrogen-bond donors (Lipinski definition) is 0. The van der Waals surface area contributed by atoms with Crippen LogP contribution in [0.3, 0.4) is 0 Å². The molecular weight excluding hydrogens is 424 g/mol. The van der Waals surface area contributed by atoms with Crippen molar-refractivity contribution in [3.8, 4) is 5.88 Å². The lowest BCUT2D eigenvalue weighted by molar-refractivity contribution is -0.138. The largest absolute Gasteiger partial charge is 0.479 e. The second-order valence-corrected chi connectivity index (χ2v) is 8.01. The lowest BCUT2D eigenvalue weighted by atomic mass is 10.0. The molecule has 2 heterocycles. The molecule has 0 N–H and O–H groups in total. The van der Waals surface area contributed by atoms with Crippen molar-refractivity contribution < 1.29 is 22.3 Å². The summed E-state index contributed by atoms with van der Waals surface area (Å²) >= 11 is 0. The Bertz CT molecular complexity index is 1100. The first-order chi connectivity index (χ1) is 15.3. The zero-order valence-electron chi connectivity index (χ0n) is 17.9. The highest BCUT2D eigenvalue weighted by Gasteiger charge is 2.34. The Hall–Kier alpha value is -2.94. The molecule has 0 unspecified atom stereocenters. The third-order valence-electron chi connectivity index (χ3n) is 6.01. The zero-order valence-corrected chi connectivity index (χ0v) is 17.9. The fourth-order valence-electron chi connectivity index (χ4n) is 4.32. The molecule has 0 aliphatic carbocycles. The predicted molar refractivity (Wildman–Crippen MR) is 114 cm³/mol. The van der Waals surface area contributed by atoms with Gasteiger partial charge in [0.25, 0.3) is 0 Å². The molecule has 32 heavy (non-hydrogen) atoms. The third kappa shape index (κ3) is 4.48. The second kappa shape index (κ2) is 8.90. The number of nitrogens with zero attached hydrogens (tertiary/aromatic N) is 4. The molecule has 9 heteroatoms. The Morgan fingerprint density at radius 1 is 1.06 bits per heavy atom. The Labute approximate surface area is 183 Å². The fourth-order valence-corrected chi connectivity index (χ4v) is 4.32. The van der Waals surface area contributed by atoms with Gasteiger partial charge in [-0.1, -0.05) is 24.3 Å². The van der Waals surface area contributed by atoms with Crippen LogP contribution in [0.25, 0.3) is 10.8 Å². The number of piperidine rings is 1. The van der Waals surface area contributed by atoms with Crippen LogP contribution >= 0.6 is 0 Å². The normalized spacial score (nSPS) is 15.5. The van der Waals surface area contributed by atoms with Gasteiger partial charge in [-0.3, -0.25) is 4.90 Å². The zero-order chi connectivity index (χ0) is 22.9. The highest BCUT2D eigenvalue weighted by molar-refractivity contribution is 5.95. The van der Waals surface area contributed by atoms with Gasteiger partial charge in [-0.2, -0.15) is 13.2 Å². The Morgan fingerprint density at radius 3 is 2.41 bits per heavy atom. The molecule has 4 rings (SSSR count). The van der Waals surface area contributed by atoms with Gasteiger partial charge in [0, 0.05) is 36.4 Å². The Morgan fingerprint density at radius 2 is 1.75 bits per heavy atom. The number of rotatable bonds is 5. The minimum atomic E-state index is -4.59. The van der Waals surface area contributed by atoms with E-state index in [1.165, 1.54) is 6.07 Å². The molecule has 0 atom stereocenters. The summed E-state index contributed by atoms with van der Waals surface area (Å²) in [4.78, 5) is 4.07. The quantitative estimate of drug-likeness (QED) is 0.520. The molecule has 0 bridgehead atoms. The van der Waals surface area contributed by atoms with Gasteiger partial charge >= 0.3 is 6.18 Å². The predicted octanol–water partition coefficient (Wildman–Crippen LogP) is 4.90. The van der Waals surface area contributed by atoms with Gasteiger partial charge in [0.05, 0.1) is 12.7 Å². The Kier molecular flexibility index (Phi) is 6.19. The molecule has 0 spiro atoms. The average Bonchev–Trinajstić information content (AvgIpc) is 2.79. The molecule has 1 aliphatic rings. The molecule has 0 radical (unpaired) electrons. The lowest BCUT2D eigenvalue weighted by Crippen LogP contribution is -2.43. The number of methoxy groups -OCH3 is 1. The van der Waals surface area contributed by atoms with Crippen LogP contribution in [0, 0.1) is 5.82 Å². The van der Waals surface area contributed by atoms with Gasteiger partial charge in [-0.15, -0.1) is 10.2 Å². The van der Waals surface area contributed by atoms with Crippen molar-refractivity contribution in [3.63, 3.8) is 0 Å². The van der Waals surface area contributed by atoms with Crippen LogP contribution in [-0.2, 0) is 12.7 Å². The topological polar surface area (TPSA) is 41.5 Å². The fraction of sp³-hybridized carbons (Fsp3) is 0.391. The maximum absolute atomic E-state index is 13.4. The summed E-state index contributed by atoms with van der Waals surface area (Å²) in [6, 6.07) is 10.8. The summed E-state index contributed by atoms with van der Waals surface area (Å²) in [7, 11) is 3.37. The van der Waals surface area contributed by atoms with E-state index in [4.69, 9.17) is 4.74 Å². The minimum Gasteiger partial charge on any atom is -0.479 e. The molecule has 1 aromatic heterocycles. The number of aromatic nitrogens is 2. The van der Waals surface area contributed by atoms with Gasteiger partial charge in [0.15, 0.2) is 5.82 Å². The molecule has 0 amide bonds. The van der Waals surface area contributed by atoms with Crippen LogP contribution < -0.4 is 9.64 Å². The second-order valence-electron chi connectivity index (χ2n) is 8.01. The van der Waals surface area contributed by atoms with Crippen LogP contribution in [0.5, 0.6) is 5.88 Å². The van der Waals surface area contributed by atoms with E-state index < -0.39 is 17.6 Å². The van der Waals surface area contributed by atoms with E-state index in [9.17, 15) is 17.6 Å². The molecule has 0 saturated carbocycles. The lowest BCUT2D eigenvalue weighted by Gasteiger charge is -2.37. The van der Waals surface area contributed by atoms with E-state index in [-0.39, 0.29) is 18.2 Å². The first-order valence-corrected chi connectivity index (χ1v) is 10.4. The summed E-state index contributed by atoms with van der Waals surface area (Å²) in [6.07, 6.45) is -3.06. The number of alkyl halides is 3. The summed E-state index contributed by atoms with van der Waals surface area (Å²) in [5.41, 5.74) is -0.836. The van der Waals surface area contributed by atoms with Gasteiger partial charge < -0.3 is 9.64 Å². The summed E-state index contributed by atoms with van der Waals surface area (Å²) in [5, 5.41) is 10.4. The molecular formula is C23H24F4N4O. The van der Waals surface area contributed by atoms with Crippen molar-refractivity contribution in [3.05, 3.63) is 59.4 Å². The number of ether oxygens (including phenoxy) is 1. The van der Waals surface area contributed by atoms with Crippen molar-refractivity contribution in [2.45, 2.75) is 31.6 Å². The SMILES string of the molecule is COc1nnc(N2CCC(N(C)Cc3ccc(F)cc3C(F)(F)F)CC2)c2ccccc12. The monoisotopic (exact) mass is 448 g/mol. The number of benzene rings is 2. The number of hydrogen-bond acceptors (Lipinski definition) is 5. The maximum Gasteiger partial charge on any atom is 0.416 e. The minimum absolute atomic E-state index is 0.0795. The molecule has 5 nitrogen and oxygen atoms in total. The van der Waals surface area contributed by atoms with Crippen molar-refractivity contribution >= 4 is 16.6 Å². The maximum atomic E-state index is 13.4. The first kappa shape index (κ1) is 22.3. The average molecular weight is 448 g/mol.